The number of nitrogens with zero attached hydrogens (tertiary/aromatic N) is 3. The van der Waals surface area contributed by atoms with Crippen LogP contribution in [0.4, 0.5) is 17.3 Å². The topological polar surface area (TPSA) is 100 Å². The van der Waals surface area contributed by atoms with Crippen LogP contribution in [0.15, 0.2) is 58.8 Å². The Morgan fingerprint density at radius 2 is 2.09 bits per heavy atom. The predicted molar refractivity (Wildman–Crippen MR) is 88.0 cm³/mol. The fourth-order valence-corrected chi connectivity index (χ4v) is 2.11. The number of anilines is 2. The number of aromatic nitrogens is 3. The van der Waals surface area contributed by atoms with E-state index in [9.17, 15) is 9.70 Å². The quantitative estimate of drug-likeness (QED) is 0.720. The van der Waals surface area contributed by atoms with Gasteiger partial charge in [-0.1, -0.05) is 6.07 Å². The first-order chi connectivity index (χ1) is 11.2. The largest absolute Gasteiger partial charge is 0.325 e. The first kappa shape index (κ1) is 14.6. The third-order valence-corrected chi connectivity index (χ3v) is 3.28. The number of rotatable bonds is 4. The van der Waals surface area contributed by atoms with Gasteiger partial charge in [-0.2, -0.15) is 0 Å². The minimum atomic E-state index is -0.288. The van der Waals surface area contributed by atoms with Crippen molar-refractivity contribution in [3.63, 3.8) is 0 Å². The number of benzene rings is 1. The molecule has 0 unspecified atom stereocenters. The Hall–Kier alpha value is -3.35. The third-order valence-electron chi connectivity index (χ3n) is 3.28. The number of nitrogens with one attached hydrogen (secondary N) is 2. The minimum Gasteiger partial charge on any atom is -0.325 e. The molecular weight excluding hydrogens is 294 g/mol. The van der Waals surface area contributed by atoms with Crippen LogP contribution in [0.2, 0.25) is 0 Å². The van der Waals surface area contributed by atoms with Crippen LogP contribution >= 0.6 is 0 Å². The summed E-state index contributed by atoms with van der Waals surface area (Å²) >= 11 is 0. The minimum absolute atomic E-state index is 0.280. The zero-order valence-electron chi connectivity index (χ0n) is 12.3. The molecule has 23 heavy (non-hydrogen) atoms. The van der Waals surface area contributed by atoms with Gasteiger partial charge in [-0.3, -0.25) is 14.8 Å². The molecule has 2 heterocycles. The second-order valence-electron chi connectivity index (χ2n) is 4.94. The molecule has 114 valence electrons. The maximum atomic E-state index is 11.9. The van der Waals surface area contributed by atoms with Crippen molar-refractivity contribution in [2.45, 2.75) is 6.92 Å². The Labute approximate surface area is 131 Å². The van der Waals surface area contributed by atoms with E-state index in [2.05, 4.69) is 25.4 Å². The standard InChI is InChI=1S/C16H13N5O2/c1-10-4-5-12(21-23)7-13(10)18-16-19-14(8-15(22)20-16)11-3-2-6-17-9-11/h2-9H,1H3,(H2,18,19,20,22). The van der Waals surface area contributed by atoms with Gasteiger partial charge in [0.1, 0.15) is 5.69 Å². The van der Waals surface area contributed by atoms with E-state index in [1.807, 2.05) is 13.0 Å². The summed E-state index contributed by atoms with van der Waals surface area (Å²) < 4.78 is 0. The Morgan fingerprint density at radius 1 is 1.22 bits per heavy atom. The molecular formula is C16H13N5O2. The smallest absolute Gasteiger partial charge is 0.252 e. The SMILES string of the molecule is Cc1ccc(N=O)cc1Nc1nc(-c2cccnc2)cc(=O)[nH]1. The van der Waals surface area contributed by atoms with Gasteiger partial charge in [0.25, 0.3) is 5.56 Å². The summed E-state index contributed by atoms with van der Waals surface area (Å²) in [6.45, 7) is 1.87. The zero-order valence-corrected chi connectivity index (χ0v) is 12.3. The Balaban J connectivity index is 2.00. The molecule has 2 N–H and O–H groups in total. The van der Waals surface area contributed by atoms with Gasteiger partial charge in [0.05, 0.1) is 5.69 Å². The lowest BCUT2D eigenvalue weighted by Crippen LogP contribution is -2.11. The number of pyridine rings is 1. The first-order valence-corrected chi connectivity index (χ1v) is 6.88. The van der Waals surface area contributed by atoms with Gasteiger partial charge in [-0.05, 0) is 41.9 Å². The molecule has 0 amide bonds. The molecule has 0 radical (unpaired) electrons. The number of aryl methyl sites for hydroxylation is 1. The van der Waals surface area contributed by atoms with E-state index in [1.54, 1.807) is 36.7 Å². The molecule has 0 bridgehead atoms. The van der Waals surface area contributed by atoms with Gasteiger partial charge in [0.2, 0.25) is 5.95 Å². The fraction of sp³-hybridized carbons (Fsp3) is 0.0625. The van der Waals surface area contributed by atoms with Crippen molar-refractivity contribution in [3.8, 4) is 11.3 Å². The molecule has 0 aliphatic rings. The molecule has 2 aromatic heterocycles. The van der Waals surface area contributed by atoms with E-state index in [0.717, 1.165) is 11.1 Å². The highest BCUT2D eigenvalue weighted by Crippen LogP contribution is 2.24. The number of hydrogen-bond donors (Lipinski definition) is 2. The van der Waals surface area contributed by atoms with Crippen LogP contribution < -0.4 is 10.9 Å². The van der Waals surface area contributed by atoms with E-state index in [4.69, 9.17) is 0 Å². The van der Waals surface area contributed by atoms with Crippen molar-refractivity contribution in [1.82, 2.24) is 15.0 Å². The van der Waals surface area contributed by atoms with Gasteiger partial charge in [-0.15, -0.1) is 4.91 Å². The zero-order chi connectivity index (χ0) is 16.2. The summed E-state index contributed by atoms with van der Waals surface area (Å²) in [6.07, 6.45) is 3.28. The second-order valence-corrected chi connectivity index (χ2v) is 4.94. The fourth-order valence-electron chi connectivity index (χ4n) is 2.11. The molecule has 3 rings (SSSR count). The summed E-state index contributed by atoms with van der Waals surface area (Å²) in [5.74, 6) is 0.280. The van der Waals surface area contributed by atoms with Crippen molar-refractivity contribution in [3.05, 3.63) is 69.6 Å². The molecule has 3 aromatic rings. The Kier molecular flexibility index (Phi) is 3.92. The molecule has 1 aromatic carbocycles. The number of hydrogen-bond acceptors (Lipinski definition) is 6. The van der Waals surface area contributed by atoms with Gasteiger partial charge < -0.3 is 5.32 Å². The number of aromatic amines is 1. The first-order valence-electron chi connectivity index (χ1n) is 6.88. The van der Waals surface area contributed by atoms with Crippen molar-refractivity contribution in [2.75, 3.05) is 5.32 Å². The molecule has 0 fully saturated rings. The van der Waals surface area contributed by atoms with Gasteiger partial charge in [0.15, 0.2) is 0 Å². The molecule has 0 atom stereocenters. The molecule has 0 saturated heterocycles. The highest BCUT2D eigenvalue weighted by molar-refractivity contribution is 5.65. The van der Waals surface area contributed by atoms with Gasteiger partial charge in [0, 0.05) is 29.7 Å². The summed E-state index contributed by atoms with van der Waals surface area (Å²) in [6, 6.07) is 9.98. The average molecular weight is 307 g/mol. The number of H-pyrrole nitrogens is 1. The molecule has 7 heteroatoms. The lowest BCUT2D eigenvalue weighted by Gasteiger charge is -2.10. The molecule has 0 spiro atoms. The van der Waals surface area contributed by atoms with Crippen LogP contribution in [-0.2, 0) is 0 Å². The monoisotopic (exact) mass is 307 g/mol. The summed E-state index contributed by atoms with van der Waals surface area (Å²) in [5.41, 5.74) is 2.79. The summed E-state index contributed by atoms with van der Waals surface area (Å²) in [7, 11) is 0. The lowest BCUT2D eigenvalue weighted by atomic mass is 10.2. The number of nitroso groups, excluding NO2 is 1. The lowest BCUT2D eigenvalue weighted by molar-refractivity contribution is 1.12. The average Bonchev–Trinajstić information content (AvgIpc) is 2.57. The van der Waals surface area contributed by atoms with Crippen LogP contribution in [-0.4, -0.2) is 15.0 Å². The highest BCUT2D eigenvalue weighted by atomic mass is 16.3. The van der Waals surface area contributed by atoms with E-state index in [1.165, 1.54) is 6.07 Å². The predicted octanol–water partition coefficient (Wildman–Crippen LogP) is 3.28. The molecule has 0 aliphatic carbocycles. The van der Waals surface area contributed by atoms with E-state index in [0.29, 0.717) is 17.1 Å². The van der Waals surface area contributed by atoms with Crippen LogP contribution in [0, 0.1) is 11.8 Å². The molecule has 0 aliphatic heterocycles. The van der Waals surface area contributed by atoms with Crippen molar-refractivity contribution >= 4 is 17.3 Å². The van der Waals surface area contributed by atoms with Crippen LogP contribution in [0.25, 0.3) is 11.3 Å². The maximum absolute atomic E-state index is 11.9. The van der Waals surface area contributed by atoms with Crippen molar-refractivity contribution < 1.29 is 0 Å². The van der Waals surface area contributed by atoms with E-state index < -0.39 is 0 Å². The molecule has 0 saturated carbocycles. The maximum Gasteiger partial charge on any atom is 0.252 e. The van der Waals surface area contributed by atoms with E-state index >= 15 is 0 Å². The summed E-state index contributed by atoms with van der Waals surface area (Å²) in [4.78, 5) is 33.5. The van der Waals surface area contributed by atoms with Crippen LogP contribution in [0.3, 0.4) is 0 Å². The normalized spacial score (nSPS) is 10.3. The second kappa shape index (κ2) is 6.18. The Morgan fingerprint density at radius 3 is 2.83 bits per heavy atom. The summed E-state index contributed by atoms with van der Waals surface area (Å²) in [5, 5.41) is 5.92. The van der Waals surface area contributed by atoms with Crippen LogP contribution in [0.1, 0.15) is 5.56 Å². The van der Waals surface area contributed by atoms with Crippen molar-refractivity contribution in [2.24, 2.45) is 5.18 Å². The van der Waals surface area contributed by atoms with Gasteiger partial charge in [-0.25, -0.2) is 4.98 Å². The highest BCUT2D eigenvalue weighted by Gasteiger charge is 2.07. The van der Waals surface area contributed by atoms with Crippen LogP contribution in [0.5, 0.6) is 0 Å². The Bertz CT molecular complexity index is 906. The third kappa shape index (κ3) is 3.29. The molecule has 7 nitrogen and oxygen atoms in total. The van der Waals surface area contributed by atoms with E-state index in [-0.39, 0.29) is 11.5 Å². The van der Waals surface area contributed by atoms with Crippen molar-refractivity contribution in [1.29, 1.82) is 0 Å². The van der Waals surface area contributed by atoms with Gasteiger partial charge >= 0.3 is 0 Å².